The second-order valence-corrected chi connectivity index (χ2v) is 7.98. The van der Waals surface area contributed by atoms with Gasteiger partial charge in [0.1, 0.15) is 0 Å². The molecule has 0 radical (unpaired) electrons. The van der Waals surface area contributed by atoms with Gasteiger partial charge in [-0.15, -0.1) is 12.4 Å². The van der Waals surface area contributed by atoms with Crippen LogP contribution in [0.2, 0.25) is 0 Å². The van der Waals surface area contributed by atoms with E-state index in [0.29, 0.717) is 17.9 Å². The van der Waals surface area contributed by atoms with E-state index in [1.54, 1.807) is 30.3 Å². The van der Waals surface area contributed by atoms with Crippen LogP contribution in [0.4, 0.5) is 8.78 Å². The first-order valence-corrected chi connectivity index (χ1v) is 9.93. The average Bonchev–Trinajstić information content (AvgIpc) is 3.08. The number of ether oxygens (including phenoxy) is 1. The van der Waals surface area contributed by atoms with Gasteiger partial charge in [-0.1, -0.05) is 30.3 Å². The summed E-state index contributed by atoms with van der Waals surface area (Å²) < 4.78 is 33.0. The number of nitrogens with one attached hydrogen (secondary N) is 1. The van der Waals surface area contributed by atoms with Gasteiger partial charge in [0.2, 0.25) is 5.92 Å². The van der Waals surface area contributed by atoms with Crippen LogP contribution in [0, 0.1) is 17.2 Å². The highest BCUT2D eigenvalue weighted by Gasteiger charge is 2.54. The van der Waals surface area contributed by atoms with Crippen LogP contribution in [0.5, 0.6) is 0 Å². The molecule has 5 nitrogen and oxygen atoms in total. The summed E-state index contributed by atoms with van der Waals surface area (Å²) in [6.45, 7) is 1.75. The van der Waals surface area contributed by atoms with Crippen molar-refractivity contribution in [3.8, 4) is 0 Å². The van der Waals surface area contributed by atoms with Gasteiger partial charge in [-0.3, -0.25) is 5.41 Å². The summed E-state index contributed by atoms with van der Waals surface area (Å²) in [5, 5.41) is 18.6. The fourth-order valence-electron chi connectivity index (χ4n) is 4.40. The quantitative estimate of drug-likeness (QED) is 0.390. The van der Waals surface area contributed by atoms with Crippen molar-refractivity contribution in [2.24, 2.45) is 11.8 Å². The van der Waals surface area contributed by atoms with E-state index in [1.165, 1.54) is 6.34 Å². The molecule has 0 spiro atoms. The standard InChI is InChI=1S/C21H28F2N2O3.ClH/c22-20(23)10-8-18(13-20)21(27,17-6-2-1-3-7-17)19(26)28-12-9-16-5-4-11-25(14-16)15-24;/h1-3,6-7,15-16,18,24,27H,4-5,8-14H2;1H. The fraction of sp³-hybridized carbons (Fsp3) is 0.619. The molecule has 29 heavy (non-hydrogen) atoms. The Morgan fingerprint density at radius 2 is 2.07 bits per heavy atom. The van der Waals surface area contributed by atoms with Gasteiger partial charge in [0.25, 0.3) is 0 Å². The molecule has 1 heterocycles. The second-order valence-electron chi connectivity index (χ2n) is 7.98. The molecule has 2 N–H and O–H groups in total. The number of nitrogens with zero attached hydrogens (tertiary/aromatic N) is 1. The van der Waals surface area contributed by atoms with Gasteiger partial charge < -0.3 is 14.7 Å². The van der Waals surface area contributed by atoms with Crippen molar-refractivity contribution in [3.63, 3.8) is 0 Å². The predicted octanol–water partition coefficient (Wildman–Crippen LogP) is 3.98. The van der Waals surface area contributed by atoms with Crippen LogP contribution < -0.4 is 0 Å². The average molecular weight is 431 g/mol. The van der Waals surface area contributed by atoms with E-state index < -0.39 is 29.8 Å². The number of likely N-dealkylation sites (tertiary alicyclic amines) is 1. The summed E-state index contributed by atoms with van der Waals surface area (Å²) in [6.07, 6.45) is 3.16. The van der Waals surface area contributed by atoms with E-state index in [1.807, 2.05) is 4.90 Å². The van der Waals surface area contributed by atoms with E-state index in [4.69, 9.17) is 10.1 Å². The maximum absolute atomic E-state index is 13.8. The van der Waals surface area contributed by atoms with Crippen molar-refractivity contribution in [2.45, 2.75) is 50.0 Å². The van der Waals surface area contributed by atoms with Crippen molar-refractivity contribution in [3.05, 3.63) is 35.9 Å². The topological polar surface area (TPSA) is 73.6 Å². The van der Waals surface area contributed by atoms with Crippen molar-refractivity contribution in [2.75, 3.05) is 19.7 Å². The van der Waals surface area contributed by atoms with Crippen LogP contribution in [-0.4, -0.2) is 47.9 Å². The normalized spacial score (nSPS) is 25.6. The van der Waals surface area contributed by atoms with Crippen LogP contribution in [0.3, 0.4) is 0 Å². The Morgan fingerprint density at radius 3 is 2.69 bits per heavy atom. The molecule has 1 saturated heterocycles. The molecule has 3 unspecified atom stereocenters. The number of aliphatic hydroxyl groups is 1. The minimum Gasteiger partial charge on any atom is -0.463 e. The van der Waals surface area contributed by atoms with E-state index >= 15 is 0 Å². The third-order valence-corrected chi connectivity index (χ3v) is 6.01. The zero-order valence-corrected chi connectivity index (χ0v) is 17.2. The van der Waals surface area contributed by atoms with Gasteiger partial charge >= 0.3 is 5.97 Å². The lowest BCUT2D eigenvalue weighted by molar-refractivity contribution is -0.175. The Hall–Kier alpha value is -1.73. The monoisotopic (exact) mass is 430 g/mol. The van der Waals surface area contributed by atoms with Crippen molar-refractivity contribution < 1.29 is 23.4 Å². The summed E-state index contributed by atoms with van der Waals surface area (Å²) in [5.74, 6) is -4.28. The molecular formula is C21H29ClF2N2O3. The number of piperidine rings is 1. The number of hydrogen-bond acceptors (Lipinski definition) is 4. The number of alkyl halides is 2. The van der Waals surface area contributed by atoms with Crippen LogP contribution in [0.25, 0.3) is 0 Å². The Balaban J connectivity index is 0.00000300. The molecule has 0 amide bonds. The molecule has 1 aromatic carbocycles. The predicted molar refractivity (Wildman–Crippen MR) is 109 cm³/mol. The van der Waals surface area contributed by atoms with Crippen molar-refractivity contribution >= 4 is 24.7 Å². The molecule has 1 aliphatic heterocycles. The molecule has 3 rings (SSSR count). The molecule has 1 aliphatic carbocycles. The lowest BCUT2D eigenvalue weighted by atomic mass is 9.80. The number of carbonyl (C=O) groups is 1. The van der Waals surface area contributed by atoms with Gasteiger partial charge in [0, 0.05) is 31.8 Å². The van der Waals surface area contributed by atoms with Crippen LogP contribution in [0.1, 0.15) is 44.1 Å². The summed E-state index contributed by atoms with van der Waals surface area (Å²) in [5.41, 5.74) is -1.76. The molecule has 1 aromatic rings. The van der Waals surface area contributed by atoms with Crippen LogP contribution in [-0.2, 0) is 15.1 Å². The van der Waals surface area contributed by atoms with E-state index in [2.05, 4.69) is 0 Å². The van der Waals surface area contributed by atoms with E-state index in [-0.39, 0.29) is 31.9 Å². The Bertz CT molecular complexity index is 692. The molecule has 2 fully saturated rings. The lowest BCUT2D eigenvalue weighted by Crippen LogP contribution is -2.44. The second kappa shape index (κ2) is 9.85. The maximum atomic E-state index is 13.8. The number of hydrogen-bond donors (Lipinski definition) is 2. The molecule has 2 aliphatic rings. The lowest BCUT2D eigenvalue weighted by Gasteiger charge is -2.33. The van der Waals surface area contributed by atoms with Crippen LogP contribution >= 0.6 is 12.4 Å². The zero-order chi connectivity index (χ0) is 20.2. The fourth-order valence-corrected chi connectivity index (χ4v) is 4.40. The Kier molecular flexibility index (Phi) is 8.00. The summed E-state index contributed by atoms with van der Waals surface area (Å²) in [4.78, 5) is 14.8. The number of benzene rings is 1. The van der Waals surface area contributed by atoms with Gasteiger partial charge in [-0.2, -0.15) is 0 Å². The highest BCUT2D eigenvalue weighted by Crippen LogP contribution is 2.47. The Labute approximate surface area is 176 Å². The maximum Gasteiger partial charge on any atom is 0.343 e. The minimum absolute atomic E-state index is 0. The molecule has 0 bridgehead atoms. The first-order chi connectivity index (χ1) is 13.3. The SMILES string of the molecule is Cl.N=CN1CCCC(CCOC(=O)C(O)(c2ccccc2)C2CCC(F)(F)C2)C1. The van der Waals surface area contributed by atoms with Crippen LogP contribution in [0.15, 0.2) is 30.3 Å². The smallest absolute Gasteiger partial charge is 0.343 e. The number of rotatable bonds is 7. The van der Waals surface area contributed by atoms with E-state index in [9.17, 15) is 18.7 Å². The largest absolute Gasteiger partial charge is 0.463 e. The molecule has 0 aromatic heterocycles. The highest BCUT2D eigenvalue weighted by molar-refractivity contribution is 5.85. The third kappa shape index (κ3) is 5.45. The summed E-state index contributed by atoms with van der Waals surface area (Å²) in [6, 6.07) is 8.27. The minimum atomic E-state index is -2.87. The number of esters is 1. The van der Waals surface area contributed by atoms with E-state index in [0.717, 1.165) is 25.9 Å². The van der Waals surface area contributed by atoms with Crippen molar-refractivity contribution in [1.29, 1.82) is 5.41 Å². The number of halogens is 3. The molecule has 3 atom stereocenters. The molecule has 8 heteroatoms. The van der Waals surface area contributed by atoms with Gasteiger partial charge in [0.15, 0.2) is 5.60 Å². The van der Waals surface area contributed by atoms with Gasteiger partial charge in [-0.05, 0) is 37.2 Å². The molecule has 1 saturated carbocycles. The zero-order valence-electron chi connectivity index (χ0n) is 16.4. The third-order valence-electron chi connectivity index (χ3n) is 6.01. The summed E-state index contributed by atoms with van der Waals surface area (Å²) in [7, 11) is 0. The summed E-state index contributed by atoms with van der Waals surface area (Å²) >= 11 is 0. The molecular weight excluding hydrogens is 402 g/mol. The van der Waals surface area contributed by atoms with Crippen molar-refractivity contribution in [1.82, 2.24) is 4.90 Å². The highest BCUT2D eigenvalue weighted by atomic mass is 35.5. The first-order valence-electron chi connectivity index (χ1n) is 9.93. The first kappa shape index (κ1) is 23.5. The molecule has 162 valence electrons. The number of carbonyl (C=O) groups excluding carboxylic acids is 1. The Morgan fingerprint density at radius 1 is 1.34 bits per heavy atom. The van der Waals surface area contributed by atoms with Gasteiger partial charge in [-0.25, -0.2) is 13.6 Å². The van der Waals surface area contributed by atoms with Gasteiger partial charge in [0.05, 0.1) is 12.9 Å².